The molecule has 0 aliphatic carbocycles. The second-order valence-electron chi connectivity index (χ2n) is 4.22. The monoisotopic (exact) mass is 294 g/mol. The first-order valence-electron chi connectivity index (χ1n) is 4.92. The van der Waals surface area contributed by atoms with Crippen LogP contribution in [0.25, 0.3) is 0 Å². The second-order valence-corrected chi connectivity index (χ2v) is 6.80. The molecule has 0 atom stereocenters. The Bertz CT molecular complexity index is 304. The van der Waals surface area contributed by atoms with Gasteiger partial charge >= 0.3 is 0 Å². The summed E-state index contributed by atoms with van der Waals surface area (Å²) >= 11 is 11.4. The Morgan fingerprint density at radius 3 is 2.57 bits per heavy atom. The normalized spacial score (nSPS) is 12.1. The molecule has 0 aliphatic rings. The van der Waals surface area contributed by atoms with E-state index in [1.54, 1.807) is 11.3 Å². The summed E-state index contributed by atoms with van der Waals surface area (Å²) in [5.41, 5.74) is 1.49. The lowest BCUT2D eigenvalue weighted by atomic mass is 9.82. The molecule has 3 heteroatoms. The summed E-state index contributed by atoms with van der Waals surface area (Å²) in [6.07, 6.45) is 3.70. The molecule has 0 saturated carbocycles. The van der Waals surface area contributed by atoms with E-state index in [-0.39, 0.29) is 5.41 Å². The smallest absolute Gasteiger partial charge is 0.0887 e. The van der Waals surface area contributed by atoms with Crippen LogP contribution in [0.2, 0.25) is 5.02 Å². The highest BCUT2D eigenvalue weighted by atomic mass is 79.9. The highest BCUT2D eigenvalue weighted by molar-refractivity contribution is 9.11. The van der Waals surface area contributed by atoms with E-state index in [9.17, 15) is 0 Å². The number of unbranched alkanes of at least 4 members (excludes halogenated alkanes) is 1. The predicted octanol–water partition coefficient (Wildman–Crippen LogP) is 5.63. The van der Waals surface area contributed by atoms with E-state index < -0.39 is 0 Å². The standard InChI is InChI=1S/C11H16BrClS/c1-4-5-6-11(2,3)8-7-14-10(12)9(8)13/h7H,4-6H2,1-3H3. The van der Waals surface area contributed by atoms with Crippen molar-refractivity contribution in [3.8, 4) is 0 Å². The van der Waals surface area contributed by atoms with Crippen LogP contribution in [0.3, 0.4) is 0 Å². The van der Waals surface area contributed by atoms with E-state index in [0.717, 1.165) is 8.81 Å². The average Bonchev–Trinajstić information content (AvgIpc) is 2.45. The van der Waals surface area contributed by atoms with Crippen molar-refractivity contribution in [3.63, 3.8) is 0 Å². The molecule has 0 spiro atoms. The van der Waals surface area contributed by atoms with Crippen molar-refractivity contribution >= 4 is 38.9 Å². The molecule has 0 fully saturated rings. The third-order valence-corrected chi connectivity index (χ3v) is 5.03. The van der Waals surface area contributed by atoms with Crippen LogP contribution in [0.1, 0.15) is 45.6 Å². The maximum atomic E-state index is 6.24. The Hall–Kier alpha value is 0.470. The SMILES string of the molecule is CCCCC(C)(C)c1csc(Br)c1Cl. The Morgan fingerprint density at radius 1 is 1.50 bits per heavy atom. The third kappa shape index (κ3) is 2.74. The van der Waals surface area contributed by atoms with Gasteiger partial charge < -0.3 is 0 Å². The van der Waals surface area contributed by atoms with Crippen molar-refractivity contribution < 1.29 is 0 Å². The van der Waals surface area contributed by atoms with Gasteiger partial charge in [-0.05, 0) is 38.7 Å². The zero-order valence-corrected chi connectivity index (χ0v) is 12.0. The fourth-order valence-electron chi connectivity index (χ4n) is 1.53. The molecule has 0 unspecified atom stereocenters. The molecule has 0 nitrogen and oxygen atoms in total. The molecule has 1 heterocycles. The van der Waals surface area contributed by atoms with Crippen LogP contribution >= 0.6 is 38.9 Å². The third-order valence-electron chi connectivity index (χ3n) is 2.57. The lowest BCUT2D eigenvalue weighted by Gasteiger charge is -2.24. The fourth-order valence-corrected chi connectivity index (χ4v) is 3.40. The van der Waals surface area contributed by atoms with Crippen molar-refractivity contribution in [2.75, 3.05) is 0 Å². The molecule has 0 saturated heterocycles. The number of hydrogen-bond acceptors (Lipinski definition) is 1. The van der Waals surface area contributed by atoms with Gasteiger partial charge in [-0.25, -0.2) is 0 Å². The largest absolute Gasteiger partial charge is 0.135 e. The summed E-state index contributed by atoms with van der Waals surface area (Å²) in [7, 11) is 0. The van der Waals surface area contributed by atoms with Crippen molar-refractivity contribution in [2.24, 2.45) is 0 Å². The lowest BCUT2D eigenvalue weighted by molar-refractivity contribution is 0.459. The van der Waals surface area contributed by atoms with E-state index >= 15 is 0 Å². The van der Waals surface area contributed by atoms with Crippen LogP contribution in [-0.2, 0) is 5.41 Å². The molecule has 0 amide bonds. The van der Waals surface area contributed by atoms with Crippen LogP contribution in [0, 0.1) is 0 Å². The Labute approximate surface area is 104 Å². The molecular weight excluding hydrogens is 280 g/mol. The first-order valence-corrected chi connectivity index (χ1v) is 6.97. The molecule has 1 aromatic rings. The van der Waals surface area contributed by atoms with Gasteiger partial charge in [-0.3, -0.25) is 0 Å². The molecule has 1 aromatic heterocycles. The summed E-state index contributed by atoms with van der Waals surface area (Å²) in [6, 6.07) is 0. The average molecular weight is 296 g/mol. The molecule has 0 aliphatic heterocycles. The number of thiophene rings is 1. The summed E-state index contributed by atoms with van der Waals surface area (Å²) in [5, 5.41) is 3.07. The molecule has 1 rings (SSSR count). The molecule has 0 N–H and O–H groups in total. The van der Waals surface area contributed by atoms with Crippen molar-refractivity contribution in [1.82, 2.24) is 0 Å². The zero-order chi connectivity index (χ0) is 10.8. The molecule has 14 heavy (non-hydrogen) atoms. The van der Waals surface area contributed by atoms with E-state index in [1.807, 2.05) is 0 Å². The van der Waals surface area contributed by atoms with Gasteiger partial charge in [-0.15, -0.1) is 11.3 Å². The first kappa shape index (κ1) is 12.5. The zero-order valence-electron chi connectivity index (χ0n) is 8.86. The summed E-state index contributed by atoms with van der Waals surface area (Å²) in [5.74, 6) is 0. The van der Waals surface area contributed by atoms with Crippen LogP contribution in [0.15, 0.2) is 9.17 Å². The van der Waals surface area contributed by atoms with Gasteiger partial charge in [0, 0.05) is 0 Å². The van der Waals surface area contributed by atoms with E-state index in [0.29, 0.717) is 0 Å². The van der Waals surface area contributed by atoms with Gasteiger partial charge in [-0.2, -0.15) is 0 Å². The van der Waals surface area contributed by atoms with Gasteiger partial charge in [-0.1, -0.05) is 45.2 Å². The minimum Gasteiger partial charge on any atom is -0.135 e. The topological polar surface area (TPSA) is 0 Å². The molecular formula is C11H16BrClS. The summed E-state index contributed by atoms with van der Waals surface area (Å²) in [4.78, 5) is 0. The van der Waals surface area contributed by atoms with Gasteiger partial charge in [0.2, 0.25) is 0 Å². The minimum absolute atomic E-state index is 0.204. The van der Waals surface area contributed by atoms with Gasteiger partial charge in [0.25, 0.3) is 0 Å². The highest BCUT2D eigenvalue weighted by Gasteiger charge is 2.24. The van der Waals surface area contributed by atoms with Crippen LogP contribution in [-0.4, -0.2) is 0 Å². The van der Waals surface area contributed by atoms with E-state index in [2.05, 4.69) is 42.1 Å². The van der Waals surface area contributed by atoms with Gasteiger partial charge in [0.05, 0.1) is 8.81 Å². The maximum Gasteiger partial charge on any atom is 0.0887 e. The van der Waals surface area contributed by atoms with E-state index in [1.165, 1.54) is 24.8 Å². The van der Waals surface area contributed by atoms with Gasteiger partial charge in [0.1, 0.15) is 0 Å². The lowest BCUT2D eigenvalue weighted by Crippen LogP contribution is -2.16. The predicted molar refractivity (Wildman–Crippen MR) is 69.6 cm³/mol. The fraction of sp³-hybridized carbons (Fsp3) is 0.636. The number of rotatable bonds is 4. The molecule has 80 valence electrons. The summed E-state index contributed by atoms with van der Waals surface area (Å²) in [6.45, 7) is 6.76. The van der Waals surface area contributed by atoms with Gasteiger partial charge in [0.15, 0.2) is 0 Å². The van der Waals surface area contributed by atoms with Crippen LogP contribution in [0.5, 0.6) is 0 Å². The quantitative estimate of drug-likeness (QED) is 0.675. The molecule has 0 aromatic carbocycles. The number of hydrogen-bond donors (Lipinski definition) is 0. The molecule has 0 radical (unpaired) electrons. The van der Waals surface area contributed by atoms with Crippen molar-refractivity contribution in [1.29, 1.82) is 0 Å². The summed E-state index contributed by atoms with van der Waals surface area (Å²) < 4.78 is 1.05. The van der Waals surface area contributed by atoms with Crippen molar-refractivity contribution in [3.05, 3.63) is 19.8 Å². The minimum atomic E-state index is 0.204. The van der Waals surface area contributed by atoms with Crippen LogP contribution in [0.4, 0.5) is 0 Å². The maximum absolute atomic E-state index is 6.24. The van der Waals surface area contributed by atoms with E-state index in [4.69, 9.17) is 11.6 Å². The Balaban J connectivity index is 2.86. The number of halogens is 2. The highest BCUT2D eigenvalue weighted by Crippen LogP contribution is 2.41. The Kier molecular flexibility index (Phi) is 4.48. The van der Waals surface area contributed by atoms with Crippen LogP contribution < -0.4 is 0 Å². The molecule has 0 bridgehead atoms. The first-order chi connectivity index (χ1) is 6.49. The Morgan fingerprint density at radius 2 is 2.14 bits per heavy atom. The van der Waals surface area contributed by atoms with Crippen molar-refractivity contribution in [2.45, 2.75) is 45.4 Å². The second kappa shape index (κ2) is 5.00.